The fourth-order valence-electron chi connectivity index (χ4n) is 6.47. The van der Waals surface area contributed by atoms with Gasteiger partial charge in [-0.15, -0.1) is 0 Å². The lowest BCUT2D eigenvalue weighted by Crippen LogP contribution is -2.45. The van der Waals surface area contributed by atoms with Crippen molar-refractivity contribution in [3.05, 3.63) is 40.8 Å². The number of piperidine rings is 1. The molecular formula is C28H38N4O3. The van der Waals surface area contributed by atoms with Gasteiger partial charge in [-0.2, -0.15) is 5.10 Å². The van der Waals surface area contributed by atoms with Crippen LogP contribution in [0.1, 0.15) is 91.5 Å². The third kappa shape index (κ3) is 4.59. The lowest BCUT2D eigenvalue weighted by atomic mass is 9.85. The molecule has 188 valence electrons. The molecule has 4 aliphatic rings. The lowest BCUT2D eigenvalue weighted by molar-refractivity contribution is -0.00225. The molecule has 1 aliphatic heterocycles. The number of carbonyl (C=O) groups is 1. The van der Waals surface area contributed by atoms with Crippen molar-refractivity contribution in [1.82, 2.24) is 19.7 Å². The van der Waals surface area contributed by atoms with Crippen molar-refractivity contribution >= 4 is 5.91 Å². The molecule has 1 amide bonds. The van der Waals surface area contributed by atoms with E-state index in [-0.39, 0.29) is 12.0 Å². The molecule has 6 rings (SSSR count). The van der Waals surface area contributed by atoms with Gasteiger partial charge in [0.1, 0.15) is 6.10 Å². The van der Waals surface area contributed by atoms with Crippen LogP contribution in [0.3, 0.4) is 0 Å². The van der Waals surface area contributed by atoms with Gasteiger partial charge in [0.15, 0.2) is 5.69 Å². The zero-order valence-corrected chi connectivity index (χ0v) is 21.1. The number of hydrogen-bond acceptors (Lipinski definition) is 5. The fraction of sp³-hybridized carbons (Fsp3) is 0.679. The monoisotopic (exact) mass is 478 g/mol. The molecule has 0 bridgehead atoms. The maximum atomic E-state index is 13.4. The standard InChI is InChI=1S/C28H38N4O3/c1-18-4-3-12-29-26(18)35-21-7-5-19(6-8-21)9-13-32-23-17-20-16-22(20)24(23)25(30-32)27(33)31-14-10-28(2,34)11-15-31/h3-4,12,19-22,34H,5-11,13-17H2,1-2H3/t19?,20-,21?,22-/m1/s1. The number of ether oxygens (including phenoxy) is 1. The van der Waals surface area contributed by atoms with Gasteiger partial charge in [-0.05, 0) is 95.5 Å². The van der Waals surface area contributed by atoms with E-state index in [1.165, 1.54) is 30.5 Å². The van der Waals surface area contributed by atoms with Crippen molar-refractivity contribution < 1.29 is 14.6 Å². The van der Waals surface area contributed by atoms with E-state index in [0.29, 0.717) is 43.5 Å². The highest BCUT2D eigenvalue weighted by atomic mass is 16.5. The number of amides is 1. The minimum atomic E-state index is -0.653. The van der Waals surface area contributed by atoms with E-state index in [9.17, 15) is 9.90 Å². The molecule has 1 N–H and O–H groups in total. The first kappa shape index (κ1) is 23.0. The maximum Gasteiger partial charge on any atom is 0.274 e. The maximum absolute atomic E-state index is 13.4. The van der Waals surface area contributed by atoms with Crippen LogP contribution in [0.5, 0.6) is 5.88 Å². The van der Waals surface area contributed by atoms with Gasteiger partial charge in [-0.1, -0.05) is 6.07 Å². The Morgan fingerprint density at radius 1 is 1.23 bits per heavy atom. The summed E-state index contributed by atoms with van der Waals surface area (Å²) >= 11 is 0. The first-order valence-corrected chi connectivity index (χ1v) is 13.6. The van der Waals surface area contributed by atoms with Gasteiger partial charge in [0.25, 0.3) is 5.91 Å². The van der Waals surface area contributed by atoms with Crippen molar-refractivity contribution in [1.29, 1.82) is 0 Å². The van der Waals surface area contributed by atoms with Crippen molar-refractivity contribution in [3.63, 3.8) is 0 Å². The van der Waals surface area contributed by atoms with Crippen LogP contribution in [0, 0.1) is 18.8 Å². The summed E-state index contributed by atoms with van der Waals surface area (Å²) < 4.78 is 8.36. The minimum absolute atomic E-state index is 0.0746. The van der Waals surface area contributed by atoms with E-state index in [2.05, 4.69) is 9.67 Å². The number of hydrogen-bond donors (Lipinski definition) is 1. The molecule has 2 atom stereocenters. The summed E-state index contributed by atoms with van der Waals surface area (Å²) in [5.74, 6) is 2.80. The predicted molar refractivity (Wildman–Crippen MR) is 133 cm³/mol. The fourth-order valence-corrected chi connectivity index (χ4v) is 6.47. The van der Waals surface area contributed by atoms with Crippen LogP contribution in [0.4, 0.5) is 0 Å². The third-order valence-electron chi connectivity index (χ3n) is 8.96. The van der Waals surface area contributed by atoms with E-state index in [0.717, 1.165) is 49.6 Å². The molecule has 3 heterocycles. The largest absolute Gasteiger partial charge is 0.474 e. The molecule has 7 nitrogen and oxygen atoms in total. The number of rotatable bonds is 6. The van der Waals surface area contributed by atoms with Crippen LogP contribution < -0.4 is 4.74 Å². The summed E-state index contributed by atoms with van der Waals surface area (Å²) in [4.78, 5) is 19.7. The number of aliphatic hydroxyl groups is 1. The number of pyridine rings is 1. The first-order valence-electron chi connectivity index (χ1n) is 13.6. The summed E-state index contributed by atoms with van der Waals surface area (Å²) in [7, 11) is 0. The predicted octanol–water partition coefficient (Wildman–Crippen LogP) is 4.26. The topological polar surface area (TPSA) is 80.5 Å². The minimum Gasteiger partial charge on any atom is -0.474 e. The highest BCUT2D eigenvalue weighted by Gasteiger charge is 2.50. The van der Waals surface area contributed by atoms with E-state index in [4.69, 9.17) is 9.84 Å². The van der Waals surface area contributed by atoms with Gasteiger partial charge < -0.3 is 14.7 Å². The van der Waals surface area contributed by atoms with Gasteiger partial charge >= 0.3 is 0 Å². The van der Waals surface area contributed by atoms with Crippen molar-refractivity contribution in [2.45, 2.75) is 95.8 Å². The number of likely N-dealkylation sites (tertiary alicyclic amines) is 1. The quantitative estimate of drug-likeness (QED) is 0.671. The molecule has 7 heteroatoms. The Morgan fingerprint density at radius 2 is 2.00 bits per heavy atom. The normalized spacial score (nSPS) is 28.9. The highest BCUT2D eigenvalue weighted by Crippen LogP contribution is 2.57. The molecular weight excluding hydrogens is 440 g/mol. The molecule has 0 spiro atoms. The highest BCUT2D eigenvalue weighted by molar-refractivity contribution is 5.94. The van der Waals surface area contributed by atoms with Crippen LogP contribution >= 0.6 is 0 Å². The molecule has 2 saturated carbocycles. The van der Waals surface area contributed by atoms with Crippen LogP contribution in [-0.4, -0.2) is 55.5 Å². The molecule has 0 aromatic carbocycles. The van der Waals surface area contributed by atoms with Crippen molar-refractivity contribution in [3.8, 4) is 5.88 Å². The van der Waals surface area contributed by atoms with Crippen LogP contribution in [0.15, 0.2) is 18.3 Å². The van der Waals surface area contributed by atoms with E-state index in [1.54, 1.807) is 6.20 Å². The second-order valence-corrected chi connectivity index (χ2v) is 11.7. The molecule has 1 saturated heterocycles. The summed E-state index contributed by atoms with van der Waals surface area (Å²) in [6, 6.07) is 4.00. The molecule has 2 aromatic heterocycles. The average molecular weight is 479 g/mol. The number of fused-ring (bicyclic) bond motifs is 3. The number of carbonyl (C=O) groups excluding carboxylic acids is 1. The third-order valence-corrected chi connectivity index (χ3v) is 8.96. The van der Waals surface area contributed by atoms with Gasteiger partial charge in [0.05, 0.1) is 5.60 Å². The zero-order chi connectivity index (χ0) is 24.2. The summed E-state index contributed by atoms with van der Waals surface area (Å²) in [5, 5.41) is 15.2. The molecule has 2 aromatic rings. The lowest BCUT2D eigenvalue weighted by Gasteiger charge is -2.35. The molecule has 3 fully saturated rings. The zero-order valence-electron chi connectivity index (χ0n) is 21.1. The molecule has 0 unspecified atom stereocenters. The van der Waals surface area contributed by atoms with E-state index in [1.807, 2.05) is 30.9 Å². The Labute approximate surface area is 207 Å². The van der Waals surface area contributed by atoms with Gasteiger partial charge in [-0.25, -0.2) is 4.98 Å². The van der Waals surface area contributed by atoms with E-state index < -0.39 is 5.60 Å². The number of nitrogens with zero attached hydrogens (tertiary/aromatic N) is 4. The summed E-state index contributed by atoms with van der Waals surface area (Å²) in [6.45, 7) is 6.05. The Balaban J connectivity index is 1.07. The Kier molecular flexibility index (Phi) is 5.86. The van der Waals surface area contributed by atoms with E-state index >= 15 is 0 Å². The van der Waals surface area contributed by atoms with Crippen LogP contribution in [0.25, 0.3) is 0 Å². The van der Waals surface area contributed by atoms with Crippen LogP contribution in [0.2, 0.25) is 0 Å². The Hall–Kier alpha value is -2.41. The Bertz CT molecular complexity index is 1090. The smallest absolute Gasteiger partial charge is 0.274 e. The average Bonchev–Trinajstić information content (AvgIpc) is 3.36. The van der Waals surface area contributed by atoms with Crippen molar-refractivity contribution in [2.75, 3.05) is 13.1 Å². The van der Waals surface area contributed by atoms with Crippen LogP contribution in [-0.2, 0) is 13.0 Å². The van der Waals surface area contributed by atoms with Gasteiger partial charge in [-0.3, -0.25) is 9.48 Å². The number of aromatic nitrogens is 3. The molecule has 0 radical (unpaired) electrons. The first-order chi connectivity index (χ1) is 16.9. The second kappa shape index (κ2) is 8.91. The summed E-state index contributed by atoms with van der Waals surface area (Å²) in [6.07, 6.45) is 11.2. The van der Waals surface area contributed by atoms with Gasteiger partial charge in [0, 0.05) is 42.7 Å². The summed E-state index contributed by atoms with van der Waals surface area (Å²) in [5.41, 5.74) is 3.72. The van der Waals surface area contributed by atoms with Gasteiger partial charge in [0.2, 0.25) is 5.88 Å². The molecule has 3 aliphatic carbocycles. The number of aryl methyl sites for hydroxylation is 2. The SMILES string of the molecule is Cc1cccnc1OC1CCC(CCn2nc(C(=O)N3CCC(C)(O)CC3)c3c2C[C@H]2C[C@@H]32)CC1. The van der Waals surface area contributed by atoms with Crippen molar-refractivity contribution in [2.24, 2.45) is 11.8 Å². The second-order valence-electron chi connectivity index (χ2n) is 11.7. The molecule has 35 heavy (non-hydrogen) atoms. The Morgan fingerprint density at radius 3 is 2.74 bits per heavy atom.